The Balaban J connectivity index is 3.14. The van der Waals surface area contributed by atoms with Gasteiger partial charge in [-0.15, -0.1) is 0 Å². The van der Waals surface area contributed by atoms with Crippen LogP contribution in [0.4, 0.5) is 0 Å². The quantitative estimate of drug-likeness (QED) is 0.752. The normalized spacial score (nSPS) is 12.6. The summed E-state index contributed by atoms with van der Waals surface area (Å²) < 4.78 is 5.24. The van der Waals surface area contributed by atoms with Crippen molar-refractivity contribution in [2.75, 3.05) is 13.7 Å². The average molecular weight is 211 g/mol. The van der Waals surface area contributed by atoms with Gasteiger partial charge < -0.3 is 10.5 Å². The lowest BCUT2D eigenvalue weighted by molar-refractivity contribution is 0.411. The lowest BCUT2D eigenvalue weighted by Crippen LogP contribution is -2.08. The molecule has 0 fully saturated rings. The molecular formula is C11H17NOS. The first kappa shape index (κ1) is 11.4. The molecule has 2 nitrogen and oxygen atoms in total. The summed E-state index contributed by atoms with van der Waals surface area (Å²) in [7, 11) is 1.68. The fourth-order valence-electron chi connectivity index (χ4n) is 1.52. The van der Waals surface area contributed by atoms with Crippen LogP contribution in [0.5, 0.6) is 5.75 Å². The van der Waals surface area contributed by atoms with Crippen LogP contribution in [0.25, 0.3) is 0 Å². The summed E-state index contributed by atoms with van der Waals surface area (Å²) in [6.07, 6.45) is 0. The van der Waals surface area contributed by atoms with Crippen molar-refractivity contribution in [1.82, 2.24) is 0 Å². The first-order valence-electron chi connectivity index (χ1n) is 4.63. The lowest BCUT2D eigenvalue weighted by Gasteiger charge is -2.15. The summed E-state index contributed by atoms with van der Waals surface area (Å²) in [5.74, 6) is 0.920. The Morgan fingerprint density at radius 2 is 2.00 bits per heavy atom. The van der Waals surface area contributed by atoms with Crippen molar-refractivity contribution in [3.8, 4) is 5.75 Å². The van der Waals surface area contributed by atoms with Crippen LogP contribution in [0, 0.1) is 13.8 Å². The maximum atomic E-state index is 5.59. The highest BCUT2D eigenvalue weighted by Gasteiger charge is 2.10. The number of ether oxygens (including phenoxy) is 1. The summed E-state index contributed by atoms with van der Waals surface area (Å²) in [5, 5.41) is 0.111. The summed E-state index contributed by atoms with van der Waals surface area (Å²) in [6.45, 7) is 4.63. The zero-order chi connectivity index (χ0) is 10.7. The monoisotopic (exact) mass is 211 g/mol. The molecule has 0 aromatic heterocycles. The van der Waals surface area contributed by atoms with Gasteiger partial charge in [0.05, 0.1) is 7.11 Å². The fraction of sp³-hybridized carbons (Fsp3) is 0.455. The Morgan fingerprint density at radius 3 is 2.50 bits per heavy atom. The summed E-state index contributed by atoms with van der Waals surface area (Å²) in [5.41, 5.74) is 9.08. The van der Waals surface area contributed by atoms with E-state index >= 15 is 0 Å². The van der Waals surface area contributed by atoms with E-state index in [4.69, 9.17) is 10.5 Å². The van der Waals surface area contributed by atoms with Gasteiger partial charge in [0.25, 0.3) is 0 Å². The average Bonchev–Trinajstić information content (AvgIpc) is 2.19. The third-order valence-electron chi connectivity index (χ3n) is 2.37. The van der Waals surface area contributed by atoms with E-state index in [1.165, 1.54) is 11.1 Å². The number of thiol groups is 1. The van der Waals surface area contributed by atoms with Gasteiger partial charge in [-0.3, -0.25) is 0 Å². The maximum Gasteiger partial charge on any atom is 0.122 e. The van der Waals surface area contributed by atoms with Gasteiger partial charge in [0.2, 0.25) is 0 Å². The molecule has 0 saturated heterocycles. The molecule has 0 aliphatic rings. The third-order valence-corrected chi connectivity index (χ3v) is 2.85. The van der Waals surface area contributed by atoms with Gasteiger partial charge in [-0.1, -0.05) is 6.07 Å². The maximum absolute atomic E-state index is 5.59. The molecule has 3 heteroatoms. The minimum Gasteiger partial charge on any atom is -0.496 e. The van der Waals surface area contributed by atoms with Crippen LogP contribution < -0.4 is 10.5 Å². The van der Waals surface area contributed by atoms with Crippen molar-refractivity contribution in [3.05, 3.63) is 28.8 Å². The van der Waals surface area contributed by atoms with E-state index in [-0.39, 0.29) is 5.25 Å². The van der Waals surface area contributed by atoms with Crippen molar-refractivity contribution < 1.29 is 4.74 Å². The smallest absolute Gasteiger partial charge is 0.122 e. The van der Waals surface area contributed by atoms with Crippen molar-refractivity contribution in [1.29, 1.82) is 0 Å². The molecule has 0 spiro atoms. The van der Waals surface area contributed by atoms with Gasteiger partial charge in [-0.05, 0) is 36.6 Å². The van der Waals surface area contributed by atoms with Gasteiger partial charge >= 0.3 is 0 Å². The van der Waals surface area contributed by atoms with Crippen LogP contribution in [0.2, 0.25) is 0 Å². The third kappa shape index (κ3) is 2.22. The molecule has 0 radical (unpaired) electrons. The molecule has 78 valence electrons. The predicted octanol–water partition coefficient (Wildman–Crippen LogP) is 2.24. The Morgan fingerprint density at radius 1 is 1.36 bits per heavy atom. The fourth-order valence-corrected chi connectivity index (χ4v) is 1.80. The van der Waals surface area contributed by atoms with E-state index in [0.717, 1.165) is 11.3 Å². The number of methoxy groups -OCH3 is 1. The van der Waals surface area contributed by atoms with Crippen LogP contribution in [0.3, 0.4) is 0 Å². The van der Waals surface area contributed by atoms with E-state index in [9.17, 15) is 0 Å². The molecule has 1 atom stereocenters. The van der Waals surface area contributed by atoms with Crippen molar-refractivity contribution in [3.63, 3.8) is 0 Å². The van der Waals surface area contributed by atoms with E-state index in [2.05, 4.69) is 25.6 Å². The topological polar surface area (TPSA) is 35.2 Å². The second-order valence-corrected chi connectivity index (χ2v) is 4.05. The van der Waals surface area contributed by atoms with Gasteiger partial charge in [0.1, 0.15) is 5.75 Å². The second kappa shape index (κ2) is 4.71. The number of rotatable bonds is 3. The zero-order valence-corrected chi connectivity index (χ0v) is 9.77. The van der Waals surface area contributed by atoms with Crippen LogP contribution >= 0.6 is 12.6 Å². The van der Waals surface area contributed by atoms with Crippen LogP contribution in [0.1, 0.15) is 21.9 Å². The molecule has 0 bridgehead atoms. The summed E-state index contributed by atoms with van der Waals surface area (Å²) in [4.78, 5) is 0. The minimum absolute atomic E-state index is 0.111. The van der Waals surface area contributed by atoms with Crippen LogP contribution in [-0.2, 0) is 0 Å². The first-order valence-corrected chi connectivity index (χ1v) is 5.15. The molecule has 1 aromatic carbocycles. The molecule has 0 saturated carbocycles. The predicted molar refractivity (Wildman–Crippen MR) is 63.2 cm³/mol. The van der Waals surface area contributed by atoms with Crippen molar-refractivity contribution in [2.24, 2.45) is 5.73 Å². The molecule has 0 aliphatic heterocycles. The molecule has 1 unspecified atom stereocenters. The zero-order valence-electron chi connectivity index (χ0n) is 8.87. The largest absolute Gasteiger partial charge is 0.496 e. The molecule has 14 heavy (non-hydrogen) atoms. The number of hydrogen-bond acceptors (Lipinski definition) is 3. The Labute approximate surface area is 90.9 Å². The van der Waals surface area contributed by atoms with Crippen molar-refractivity contribution in [2.45, 2.75) is 19.1 Å². The highest BCUT2D eigenvalue weighted by atomic mass is 32.1. The SMILES string of the molecule is COc1cc(C)c(C(S)CN)cc1C. The Hall–Kier alpha value is -0.670. The Bertz CT molecular complexity index is 325. The van der Waals surface area contributed by atoms with E-state index in [0.29, 0.717) is 6.54 Å². The molecule has 0 amide bonds. The first-order chi connectivity index (χ1) is 6.60. The van der Waals surface area contributed by atoms with E-state index in [1.807, 2.05) is 13.0 Å². The highest BCUT2D eigenvalue weighted by Crippen LogP contribution is 2.28. The molecular weight excluding hydrogens is 194 g/mol. The minimum atomic E-state index is 0.111. The van der Waals surface area contributed by atoms with Crippen LogP contribution in [0.15, 0.2) is 12.1 Å². The standard InChI is InChI=1S/C11H17NOS/c1-7-5-10(13-3)8(2)4-9(7)11(14)6-12/h4-5,11,14H,6,12H2,1-3H3. The lowest BCUT2D eigenvalue weighted by atomic mass is 10.0. The number of hydrogen-bond donors (Lipinski definition) is 2. The van der Waals surface area contributed by atoms with E-state index < -0.39 is 0 Å². The summed E-state index contributed by atoms with van der Waals surface area (Å²) >= 11 is 4.43. The van der Waals surface area contributed by atoms with E-state index in [1.54, 1.807) is 7.11 Å². The van der Waals surface area contributed by atoms with Crippen LogP contribution in [-0.4, -0.2) is 13.7 Å². The molecule has 0 heterocycles. The molecule has 1 aromatic rings. The van der Waals surface area contributed by atoms with Gasteiger partial charge in [-0.2, -0.15) is 12.6 Å². The Kier molecular flexibility index (Phi) is 3.84. The van der Waals surface area contributed by atoms with Gasteiger partial charge in [0.15, 0.2) is 0 Å². The number of benzene rings is 1. The molecule has 2 N–H and O–H groups in total. The van der Waals surface area contributed by atoms with Crippen molar-refractivity contribution >= 4 is 12.6 Å². The van der Waals surface area contributed by atoms with Gasteiger partial charge in [-0.25, -0.2) is 0 Å². The van der Waals surface area contributed by atoms with Gasteiger partial charge in [0, 0.05) is 11.8 Å². The molecule has 0 aliphatic carbocycles. The number of nitrogens with two attached hydrogens (primary N) is 1. The molecule has 1 rings (SSSR count). The second-order valence-electron chi connectivity index (χ2n) is 3.43. The summed E-state index contributed by atoms with van der Waals surface area (Å²) in [6, 6.07) is 4.13. The highest BCUT2D eigenvalue weighted by molar-refractivity contribution is 7.80. The number of aryl methyl sites for hydroxylation is 2.